The van der Waals surface area contributed by atoms with E-state index in [9.17, 15) is 8.42 Å². The highest BCUT2D eigenvalue weighted by Gasteiger charge is 2.36. The summed E-state index contributed by atoms with van der Waals surface area (Å²) in [5.41, 5.74) is 5.73. The summed E-state index contributed by atoms with van der Waals surface area (Å²) in [7, 11) is -0.483. The van der Waals surface area contributed by atoms with Gasteiger partial charge in [-0.25, -0.2) is 13.4 Å². The summed E-state index contributed by atoms with van der Waals surface area (Å²) in [6.45, 7) is 0.664. The number of nitrogens with zero attached hydrogens (tertiary/aromatic N) is 2. The molecule has 0 saturated carbocycles. The Bertz CT molecular complexity index is 561. The molecule has 0 radical (unpaired) electrons. The highest BCUT2D eigenvalue weighted by molar-refractivity contribution is 7.89. The van der Waals surface area contributed by atoms with E-state index in [1.54, 1.807) is 7.11 Å². The first kappa shape index (κ1) is 16.2. The van der Waals surface area contributed by atoms with Crippen molar-refractivity contribution in [2.45, 2.75) is 29.9 Å². The van der Waals surface area contributed by atoms with Gasteiger partial charge in [0.15, 0.2) is 0 Å². The summed E-state index contributed by atoms with van der Waals surface area (Å²) in [5.74, 6) is 0.377. The Morgan fingerprint density at radius 1 is 1.43 bits per heavy atom. The fourth-order valence-electron chi connectivity index (χ4n) is 2.51. The van der Waals surface area contributed by atoms with Gasteiger partial charge in [0.1, 0.15) is 4.90 Å². The molecule has 0 aliphatic carbocycles. The molecule has 0 aromatic carbocycles. The first-order chi connectivity index (χ1) is 10.0. The lowest BCUT2D eigenvalue weighted by Gasteiger charge is -2.37. The van der Waals surface area contributed by atoms with E-state index in [1.807, 2.05) is 0 Å². The van der Waals surface area contributed by atoms with Gasteiger partial charge in [-0.05, 0) is 18.9 Å². The van der Waals surface area contributed by atoms with Gasteiger partial charge in [-0.15, -0.1) is 0 Å². The van der Waals surface area contributed by atoms with E-state index in [-0.39, 0.29) is 23.6 Å². The lowest BCUT2D eigenvalue weighted by Crippen LogP contribution is -2.51. The molecule has 1 aromatic rings. The Kier molecular flexibility index (Phi) is 5.15. The molecule has 21 heavy (non-hydrogen) atoms. The maximum absolute atomic E-state index is 12.7. The van der Waals surface area contributed by atoms with Crippen LogP contribution >= 0.6 is 0 Å². The van der Waals surface area contributed by atoms with Crippen LogP contribution in [0.5, 0.6) is 5.88 Å². The van der Waals surface area contributed by atoms with Gasteiger partial charge in [0.2, 0.25) is 15.9 Å². The number of hydrogen-bond acceptors (Lipinski definition) is 6. The van der Waals surface area contributed by atoms with Crippen molar-refractivity contribution >= 4 is 10.0 Å². The number of hydrogen-bond donors (Lipinski definition) is 1. The zero-order chi connectivity index (χ0) is 15.5. The Morgan fingerprint density at radius 2 is 2.19 bits per heavy atom. The number of rotatable bonds is 5. The van der Waals surface area contributed by atoms with E-state index in [2.05, 4.69) is 4.98 Å². The summed E-state index contributed by atoms with van der Waals surface area (Å²) in [4.78, 5) is 4.11. The van der Waals surface area contributed by atoms with Crippen LogP contribution in [-0.2, 0) is 14.8 Å². The van der Waals surface area contributed by atoms with Crippen LogP contribution < -0.4 is 10.5 Å². The molecule has 2 N–H and O–H groups in total. The quantitative estimate of drug-likeness (QED) is 0.835. The van der Waals surface area contributed by atoms with Gasteiger partial charge in [-0.3, -0.25) is 0 Å². The predicted octanol–water partition coefficient (Wildman–Crippen LogP) is 0.217. The third-order valence-electron chi connectivity index (χ3n) is 3.74. The SMILES string of the molecule is COc1ccc(S(=O)(=O)N2CCC(OC)CC2CN)cn1. The molecule has 1 aromatic heterocycles. The zero-order valence-corrected chi connectivity index (χ0v) is 13.0. The number of piperidine rings is 1. The molecule has 8 heteroatoms. The van der Waals surface area contributed by atoms with Gasteiger partial charge in [-0.1, -0.05) is 0 Å². The average Bonchev–Trinajstić information content (AvgIpc) is 2.54. The van der Waals surface area contributed by atoms with Crippen molar-refractivity contribution in [2.75, 3.05) is 27.3 Å². The fraction of sp³-hybridized carbons (Fsp3) is 0.615. The second-order valence-electron chi connectivity index (χ2n) is 4.92. The van der Waals surface area contributed by atoms with Crippen LogP contribution in [0.1, 0.15) is 12.8 Å². The Labute approximate surface area is 125 Å². The summed E-state index contributed by atoms with van der Waals surface area (Å²) in [6, 6.07) is 2.78. The molecular weight excluding hydrogens is 294 g/mol. The van der Waals surface area contributed by atoms with E-state index in [0.29, 0.717) is 25.3 Å². The normalized spacial score (nSPS) is 24.0. The van der Waals surface area contributed by atoms with Crippen molar-refractivity contribution in [2.24, 2.45) is 5.73 Å². The van der Waals surface area contributed by atoms with Crippen LogP contribution in [0.15, 0.2) is 23.2 Å². The van der Waals surface area contributed by atoms with Crippen LogP contribution in [0.4, 0.5) is 0 Å². The van der Waals surface area contributed by atoms with Crippen LogP contribution in [0.2, 0.25) is 0 Å². The molecule has 118 valence electrons. The highest BCUT2D eigenvalue weighted by atomic mass is 32.2. The maximum atomic E-state index is 12.7. The molecule has 0 bridgehead atoms. The van der Waals surface area contributed by atoms with Crippen LogP contribution in [0.3, 0.4) is 0 Å². The molecule has 2 heterocycles. The Morgan fingerprint density at radius 3 is 2.71 bits per heavy atom. The van der Waals surface area contributed by atoms with E-state index in [4.69, 9.17) is 15.2 Å². The minimum atomic E-state index is -3.60. The largest absolute Gasteiger partial charge is 0.481 e. The summed E-state index contributed by atoms with van der Waals surface area (Å²) in [6.07, 6.45) is 2.63. The van der Waals surface area contributed by atoms with Gasteiger partial charge in [0.05, 0.1) is 19.4 Å². The molecular formula is C13H21N3O4S. The van der Waals surface area contributed by atoms with Gasteiger partial charge in [0.25, 0.3) is 0 Å². The third kappa shape index (κ3) is 3.34. The van der Waals surface area contributed by atoms with E-state index >= 15 is 0 Å². The maximum Gasteiger partial charge on any atom is 0.244 e. The smallest absolute Gasteiger partial charge is 0.244 e. The van der Waals surface area contributed by atoms with Gasteiger partial charge in [-0.2, -0.15) is 4.31 Å². The first-order valence-electron chi connectivity index (χ1n) is 6.77. The van der Waals surface area contributed by atoms with Gasteiger partial charge >= 0.3 is 0 Å². The van der Waals surface area contributed by atoms with Crippen LogP contribution in [0.25, 0.3) is 0 Å². The van der Waals surface area contributed by atoms with Crippen molar-refractivity contribution in [3.63, 3.8) is 0 Å². The van der Waals surface area contributed by atoms with Crippen molar-refractivity contribution < 1.29 is 17.9 Å². The summed E-state index contributed by atoms with van der Waals surface area (Å²) >= 11 is 0. The predicted molar refractivity (Wildman–Crippen MR) is 77.6 cm³/mol. The molecule has 1 saturated heterocycles. The Hall–Kier alpha value is -1.22. The minimum Gasteiger partial charge on any atom is -0.481 e. The van der Waals surface area contributed by atoms with E-state index in [1.165, 1.54) is 29.7 Å². The van der Waals surface area contributed by atoms with Crippen molar-refractivity contribution in [1.29, 1.82) is 0 Å². The number of pyridine rings is 1. The number of nitrogens with two attached hydrogens (primary N) is 1. The monoisotopic (exact) mass is 315 g/mol. The molecule has 1 fully saturated rings. The fourth-order valence-corrected chi connectivity index (χ4v) is 4.12. The van der Waals surface area contributed by atoms with Crippen molar-refractivity contribution in [3.8, 4) is 5.88 Å². The molecule has 2 unspecified atom stereocenters. The second-order valence-corrected chi connectivity index (χ2v) is 6.81. The van der Waals surface area contributed by atoms with Gasteiger partial charge < -0.3 is 15.2 Å². The average molecular weight is 315 g/mol. The van der Waals surface area contributed by atoms with Gasteiger partial charge in [0, 0.05) is 32.3 Å². The van der Waals surface area contributed by atoms with Crippen LogP contribution in [-0.4, -0.2) is 57.2 Å². The molecule has 0 spiro atoms. The van der Waals surface area contributed by atoms with E-state index in [0.717, 1.165) is 0 Å². The summed E-state index contributed by atoms with van der Waals surface area (Å²) in [5, 5.41) is 0. The molecule has 2 atom stereocenters. The summed E-state index contributed by atoms with van der Waals surface area (Å²) < 4.78 is 37.1. The molecule has 7 nitrogen and oxygen atoms in total. The first-order valence-corrected chi connectivity index (χ1v) is 8.21. The lowest BCUT2D eigenvalue weighted by atomic mass is 10.0. The van der Waals surface area contributed by atoms with Crippen molar-refractivity contribution in [1.82, 2.24) is 9.29 Å². The molecule has 2 rings (SSSR count). The molecule has 1 aliphatic heterocycles. The number of aromatic nitrogens is 1. The standard InChI is InChI=1S/C13H21N3O4S/c1-19-11-5-6-16(10(7-11)8-14)21(17,18)12-3-4-13(20-2)15-9-12/h3-4,9-11H,5-8,14H2,1-2H3. The number of ether oxygens (including phenoxy) is 2. The zero-order valence-electron chi connectivity index (χ0n) is 12.2. The molecule has 0 amide bonds. The minimum absolute atomic E-state index is 0.0546. The van der Waals surface area contributed by atoms with E-state index < -0.39 is 10.0 Å². The second kappa shape index (κ2) is 6.69. The van der Waals surface area contributed by atoms with Crippen molar-refractivity contribution in [3.05, 3.63) is 18.3 Å². The highest BCUT2D eigenvalue weighted by Crippen LogP contribution is 2.26. The third-order valence-corrected chi connectivity index (χ3v) is 5.68. The number of sulfonamides is 1. The number of methoxy groups -OCH3 is 2. The Balaban J connectivity index is 2.25. The lowest BCUT2D eigenvalue weighted by molar-refractivity contribution is 0.0401. The topological polar surface area (TPSA) is 94.8 Å². The molecule has 1 aliphatic rings. The van der Waals surface area contributed by atoms with Crippen LogP contribution in [0, 0.1) is 0 Å².